The molecule has 1 rings (SSSR count). The van der Waals surface area contributed by atoms with Gasteiger partial charge < -0.3 is 14.6 Å². The van der Waals surface area contributed by atoms with Gasteiger partial charge in [0.25, 0.3) is 0 Å². The SMILES string of the molecule is COc1cc(SC)c(C(C)(C)CC(=O)O)cc1OC. The fourth-order valence-corrected chi connectivity index (χ4v) is 2.81. The molecule has 0 radical (unpaired) electrons. The molecule has 0 aliphatic carbocycles. The lowest BCUT2D eigenvalue weighted by molar-refractivity contribution is -0.138. The average Bonchev–Trinajstić information content (AvgIpc) is 2.35. The van der Waals surface area contributed by atoms with E-state index < -0.39 is 11.4 Å². The minimum absolute atomic E-state index is 0.0655. The third-order valence-corrected chi connectivity index (χ3v) is 3.81. The van der Waals surface area contributed by atoms with Crippen LogP contribution in [-0.4, -0.2) is 31.6 Å². The van der Waals surface area contributed by atoms with Crippen molar-refractivity contribution >= 4 is 17.7 Å². The monoisotopic (exact) mass is 284 g/mol. The molecule has 0 bridgehead atoms. The molecule has 0 saturated carbocycles. The molecule has 0 spiro atoms. The number of thioether (sulfide) groups is 1. The van der Waals surface area contributed by atoms with Crippen molar-refractivity contribution in [3.05, 3.63) is 17.7 Å². The fraction of sp³-hybridized carbons (Fsp3) is 0.500. The Kier molecular flexibility index (Phi) is 5.11. The van der Waals surface area contributed by atoms with Gasteiger partial charge in [0.15, 0.2) is 11.5 Å². The van der Waals surface area contributed by atoms with Gasteiger partial charge in [-0.15, -0.1) is 11.8 Å². The zero-order chi connectivity index (χ0) is 14.6. The Balaban J connectivity index is 3.36. The van der Waals surface area contributed by atoms with Crippen LogP contribution in [0.2, 0.25) is 0 Å². The predicted octanol–water partition coefficient (Wildman–Crippen LogP) is 3.18. The maximum atomic E-state index is 11.0. The van der Waals surface area contributed by atoms with E-state index in [1.165, 1.54) is 0 Å². The minimum Gasteiger partial charge on any atom is -0.493 e. The first-order valence-electron chi connectivity index (χ1n) is 5.88. The zero-order valence-electron chi connectivity index (χ0n) is 11.9. The molecule has 1 N–H and O–H groups in total. The molecule has 4 nitrogen and oxygen atoms in total. The summed E-state index contributed by atoms with van der Waals surface area (Å²) < 4.78 is 10.6. The first kappa shape index (κ1) is 15.7. The normalized spacial score (nSPS) is 11.2. The van der Waals surface area contributed by atoms with Crippen molar-refractivity contribution < 1.29 is 19.4 Å². The molecule has 0 atom stereocenters. The average molecular weight is 284 g/mol. The summed E-state index contributed by atoms with van der Waals surface area (Å²) in [5.74, 6) is 0.460. The summed E-state index contributed by atoms with van der Waals surface area (Å²) in [4.78, 5) is 12.0. The molecule has 0 unspecified atom stereocenters. The Morgan fingerprint density at radius 1 is 1.26 bits per heavy atom. The quantitative estimate of drug-likeness (QED) is 0.813. The summed E-state index contributed by atoms with van der Waals surface area (Å²) in [7, 11) is 3.16. The van der Waals surface area contributed by atoms with E-state index >= 15 is 0 Å². The molecule has 0 amide bonds. The zero-order valence-corrected chi connectivity index (χ0v) is 12.8. The Morgan fingerprint density at radius 3 is 2.21 bits per heavy atom. The van der Waals surface area contributed by atoms with Crippen LogP contribution < -0.4 is 9.47 Å². The molecule has 0 aliphatic rings. The molecule has 0 saturated heterocycles. The van der Waals surface area contributed by atoms with Crippen molar-refractivity contribution in [3.8, 4) is 11.5 Å². The van der Waals surface area contributed by atoms with Gasteiger partial charge in [0.1, 0.15) is 0 Å². The van der Waals surface area contributed by atoms with Gasteiger partial charge >= 0.3 is 5.97 Å². The van der Waals surface area contributed by atoms with Crippen molar-refractivity contribution in [2.75, 3.05) is 20.5 Å². The third kappa shape index (κ3) is 3.56. The third-order valence-electron chi connectivity index (χ3n) is 3.03. The number of rotatable bonds is 6. The molecule has 106 valence electrons. The number of hydrogen-bond donors (Lipinski definition) is 1. The van der Waals surface area contributed by atoms with E-state index in [0.717, 1.165) is 10.5 Å². The van der Waals surface area contributed by atoms with Crippen LogP contribution >= 0.6 is 11.8 Å². The van der Waals surface area contributed by atoms with Crippen LogP contribution in [0.15, 0.2) is 17.0 Å². The van der Waals surface area contributed by atoms with Crippen molar-refractivity contribution in [3.63, 3.8) is 0 Å². The molecule has 19 heavy (non-hydrogen) atoms. The largest absolute Gasteiger partial charge is 0.493 e. The molecule has 0 aromatic heterocycles. The topological polar surface area (TPSA) is 55.8 Å². The molecule has 1 aromatic rings. The highest BCUT2D eigenvalue weighted by Crippen LogP contribution is 2.41. The maximum absolute atomic E-state index is 11.0. The molecule has 0 fully saturated rings. The Bertz CT molecular complexity index is 469. The first-order valence-corrected chi connectivity index (χ1v) is 7.10. The lowest BCUT2D eigenvalue weighted by Crippen LogP contribution is -2.22. The second-order valence-corrected chi connectivity index (χ2v) is 5.71. The van der Waals surface area contributed by atoms with E-state index in [0.29, 0.717) is 11.5 Å². The van der Waals surface area contributed by atoms with E-state index in [1.807, 2.05) is 32.2 Å². The molecule has 1 aromatic carbocycles. The predicted molar refractivity (Wildman–Crippen MR) is 76.6 cm³/mol. The molecular formula is C14H20O4S. The lowest BCUT2D eigenvalue weighted by Gasteiger charge is -2.26. The highest BCUT2D eigenvalue weighted by atomic mass is 32.2. The van der Waals surface area contributed by atoms with Gasteiger partial charge in [-0.05, 0) is 24.0 Å². The highest BCUT2D eigenvalue weighted by molar-refractivity contribution is 7.98. The number of ether oxygens (including phenoxy) is 2. The summed E-state index contributed by atoms with van der Waals surface area (Å²) in [5.41, 5.74) is 0.490. The Hall–Kier alpha value is -1.36. The number of carboxylic acids is 1. The van der Waals surface area contributed by atoms with Crippen molar-refractivity contribution in [2.24, 2.45) is 0 Å². The van der Waals surface area contributed by atoms with Gasteiger partial charge in [-0.1, -0.05) is 13.8 Å². The summed E-state index contributed by atoms with van der Waals surface area (Å²) in [5, 5.41) is 9.04. The first-order chi connectivity index (χ1) is 8.85. The highest BCUT2D eigenvalue weighted by Gasteiger charge is 2.28. The number of carbonyl (C=O) groups is 1. The number of methoxy groups -OCH3 is 2. The van der Waals surface area contributed by atoms with Gasteiger partial charge in [-0.3, -0.25) is 4.79 Å². The van der Waals surface area contributed by atoms with Crippen LogP contribution in [0.25, 0.3) is 0 Å². The van der Waals surface area contributed by atoms with Gasteiger partial charge in [0, 0.05) is 10.3 Å². The Labute approximate surface area is 118 Å². The van der Waals surface area contributed by atoms with E-state index in [1.54, 1.807) is 26.0 Å². The van der Waals surface area contributed by atoms with Crippen molar-refractivity contribution in [1.29, 1.82) is 0 Å². The standard InChI is InChI=1S/C14H20O4S/c1-14(2,8-13(15)16)9-6-10(17-3)11(18-4)7-12(9)19-5/h6-7H,8H2,1-5H3,(H,15,16). The number of benzene rings is 1. The van der Waals surface area contributed by atoms with Crippen molar-refractivity contribution in [2.45, 2.75) is 30.6 Å². The summed E-state index contributed by atoms with van der Waals surface area (Å²) in [6.07, 6.45) is 2.03. The van der Waals surface area contributed by atoms with Crippen LogP contribution in [0.1, 0.15) is 25.8 Å². The van der Waals surface area contributed by atoms with Crippen LogP contribution in [-0.2, 0) is 10.2 Å². The van der Waals surface area contributed by atoms with Crippen LogP contribution in [0.5, 0.6) is 11.5 Å². The summed E-state index contributed by atoms with van der Waals surface area (Å²) >= 11 is 1.57. The number of carboxylic acid groups (broad SMARTS) is 1. The van der Waals surface area contributed by atoms with Crippen LogP contribution in [0.3, 0.4) is 0 Å². The van der Waals surface area contributed by atoms with Crippen molar-refractivity contribution in [1.82, 2.24) is 0 Å². The van der Waals surface area contributed by atoms with E-state index in [2.05, 4.69) is 0 Å². The van der Waals surface area contributed by atoms with Gasteiger partial charge in [0.2, 0.25) is 0 Å². The molecule has 0 heterocycles. The minimum atomic E-state index is -0.813. The maximum Gasteiger partial charge on any atom is 0.304 e. The van der Waals surface area contributed by atoms with E-state index in [-0.39, 0.29) is 6.42 Å². The molecular weight excluding hydrogens is 264 g/mol. The smallest absolute Gasteiger partial charge is 0.304 e. The number of aliphatic carboxylic acids is 1. The van der Waals surface area contributed by atoms with Crippen LogP contribution in [0, 0.1) is 0 Å². The van der Waals surface area contributed by atoms with Gasteiger partial charge in [-0.25, -0.2) is 0 Å². The second-order valence-electron chi connectivity index (χ2n) is 4.86. The number of hydrogen-bond acceptors (Lipinski definition) is 4. The van der Waals surface area contributed by atoms with E-state index in [4.69, 9.17) is 14.6 Å². The fourth-order valence-electron chi connectivity index (χ4n) is 2.03. The van der Waals surface area contributed by atoms with Gasteiger partial charge in [-0.2, -0.15) is 0 Å². The molecule has 5 heteroatoms. The van der Waals surface area contributed by atoms with Gasteiger partial charge in [0.05, 0.1) is 20.6 Å². The molecule has 0 aliphatic heterocycles. The van der Waals surface area contributed by atoms with Crippen LogP contribution in [0.4, 0.5) is 0 Å². The lowest BCUT2D eigenvalue weighted by atomic mass is 9.81. The Morgan fingerprint density at radius 2 is 1.79 bits per heavy atom. The van der Waals surface area contributed by atoms with E-state index in [9.17, 15) is 4.79 Å². The second kappa shape index (κ2) is 6.19. The summed E-state index contributed by atoms with van der Waals surface area (Å²) in [6, 6.07) is 3.76. The summed E-state index contributed by atoms with van der Waals surface area (Å²) in [6.45, 7) is 3.84.